The fourth-order valence-electron chi connectivity index (χ4n) is 1.85. The van der Waals surface area contributed by atoms with Crippen LogP contribution in [0.15, 0.2) is 30.3 Å². The second-order valence-electron chi connectivity index (χ2n) is 5.20. The molecule has 0 aliphatic rings. The Morgan fingerprint density at radius 3 is 2.41 bits per heavy atom. The van der Waals surface area contributed by atoms with E-state index >= 15 is 0 Å². The minimum Gasteiger partial charge on any atom is -0.356 e. The van der Waals surface area contributed by atoms with Crippen molar-refractivity contribution in [2.24, 2.45) is 5.73 Å². The predicted octanol–water partition coefficient (Wildman–Crippen LogP) is 1.92. The summed E-state index contributed by atoms with van der Waals surface area (Å²) in [5.74, 6) is -0.181. The van der Waals surface area contributed by atoms with E-state index in [2.05, 4.69) is 10.6 Å². The summed E-state index contributed by atoms with van der Waals surface area (Å²) < 4.78 is 0. The van der Waals surface area contributed by atoms with Gasteiger partial charge in [0.25, 0.3) is 0 Å². The number of hydrogen-bond donors (Lipinski definition) is 3. The zero-order chi connectivity index (χ0) is 15.7. The molecule has 0 saturated carbocycles. The Kier molecular flexibility index (Phi) is 10.2. The molecule has 2 atom stereocenters. The van der Waals surface area contributed by atoms with Crippen LogP contribution in [0.4, 0.5) is 0 Å². The van der Waals surface area contributed by atoms with Gasteiger partial charge in [0.15, 0.2) is 0 Å². The quantitative estimate of drug-likeness (QED) is 0.682. The van der Waals surface area contributed by atoms with Gasteiger partial charge in [-0.2, -0.15) is 0 Å². The Bertz CT molecular complexity index is 454. The van der Waals surface area contributed by atoms with Crippen LogP contribution in [-0.4, -0.2) is 24.4 Å². The molecule has 1 aromatic carbocycles. The Hall–Kier alpha value is -1.59. The summed E-state index contributed by atoms with van der Waals surface area (Å²) in [5, 5.41) is 5.58. The molecule has 0 bridgehead atoms. The third kappa shape index (κ3) is 8.00. The van der Waals surface area contributed by atoms with Gasteiger partial charge in [-0.1, -0.05) is 37.3 Å². The second-order valence-corrected chi connectivity index (χ2v) is 5.20. The van der Waals surface area contributed by atoms with E-state index < -0.39 is 0 Å². The third-order valence-corrected chi connectivity index (χ3v) is 3.33. The molecule has 124 valence electrons. The van der Waals surface area contributed by atoms with Crippen LogP contribution in [0.1, 0.15) is 44.7 Å². The molecule has 2 amide bonds. The van der Waals surface area contributed by atoms with E-state index in [4.69, 9.17) is 5.73 Å². The number of carbonyl (C=O) groups excluding carboxylic acids is 2. The first kappa shape index (κ1) is 20.4. The lowest BCUT2D eigenvalue weighted by atomic mass is 10.0. The fraction of sp³-hybridized carbons (Fsp3) is 0.500. The molecule has 0 aliphatic heterocycles. The topological polar surface area (TPSA) is 84.2 Å². The average Bonchev–Trinajstić information content (AvgIpc) is 2.47. The van der Waals surface area contributed by atoms with E-state index in [9.17, 15) is 9.59 Å². The molecule has 0 radical (unpaired) electrons. The fourth-order valence-corrected chi connectivity index (χ4v) is 1.85. The van der Waals surface area contributed by atoms with Gasteiger partial charge in [-0.15, -0.1) is 12.4 Å². The molecular weight excluding hydrogens is 302 g/mol. The lowest BCUT2D eigenvalue weighted by molar-refractivity contribution is -0.122. The van der Waals surface area contributed by atoms with Gasteiger partial charge in [0.05, 0.1) is 0 Å². The molecule has 4 N–H and O–H groups in total. The van der Waals surface area contributed by atoms with Crippen LogP contribution in [0.5, 0.6) is 0 Å². The molecule has 2 unspecified atom stereocenters. The Labute approximate surface area is 138 Å². The normalized spacial score (nSPS) is 12.7. The van der Waals surface area contributed by atoms with E-state index in [1.807, 2.05) is 44.2 Å². The molecule has 22 heavy (non-hydrogen) atoms. The summed E-state index contributed by atoms with van der Waals surface area (Å²) in [6, 6.07) is 9.35. The van der Waals surface area contributed by atoms with Crippen molar-refractivity contribution in [2.45, 2.75) is 45.2 Å². The summed E-state index contributed by atoms with van der Waals surface area (Å²) in [6.07, 6.45) is 1.40. The number of nitrogens with two attached hydrogens (primary N) is 1. The first-order valence-electron chi connectivity index (χ1n) is 7.39. The van der Waals surface area contributed by atoms with Crippen molar-refractivity contribution in [2.75, 3.05) is 6.54 Å². The number of benzene rings is 1. The van der Waals surface area contributed by atoms with Crippen molar-refractivity contribution in [3.05, 3.63) is 35.9 Å². The van der Waals surface area contributed by atoms with Gasteiger partial charge in [-0.05, 0) is 18.9 Å². The second kappa shape index (κ2) is 11.0. The van der Waals surface area contributed by atoms with E-state index in [1.54, 1.807) is 0 Å². The molecule has 5 nitrogen and oxygen atoms in total. The third-order valence-electron chi connectivity index (χ3n) is 3.33. The van der Waals surface area contributed by atoms with Crippen LogP contribution in [0, 0.1) is 0 Å². The number of amides is 2. The maximum absolute atomic E-state index is 11.8. The summed E-state index contributed by atoms with van der Waals surface area (Å²) in [5.41, 5.74) is 6.90. The van der Waals surface area contributed by atoms with Gasteiger partial charge in [-0.3, -0.25) is 9.59 Å². The zero-order valence-corrected chi connectivity index (χ0v) is 14.0. The molecule has 6 heteroatoms. The van der Waals surface area contributed by atoms with Crippen molar-refractivity contribution in [3.63, 3.8) is 0 Å². The summed E-state index contributed by atoms with van der Waals surface area (Å²) in [6.45, 7) is 4.30. The molecule has 0 fully saturated rings. The first-order valence-corrected chi connectivity index (χ1v) is 7.39. The SMILES string of the molecule is CCC(C)NC(=O)CCNC(=O)CC(N)c1ccccc1.Cl. The Morgan fingerprint density at radius 2 is 1.82 bits per heavy atom. The molecule has 1 rings (SSSR count). The van der Waals surface area contributed by atoms with E-state index in [-0.39, 0.29) is 49.1 Å². The minimum absolute atomic E-state index is 0. The highest BCUT2D eigenvalue weighted by Crippen LogP contribution is 2.12. The molecule has 0 aromatic heterocycles. The predicted molar refractivity (Wildman–Crippen MR) is 90.8 cm³/mol. The zero-order valence-electron chi connectivity index (χ0n) is 13.2. The molecular formula is C16H26ClN3O2. The van der Waals surface area contributed by atoms with Crippen LogP contribution < -0.4 is 16.4 Å². The lowest BCUT2D eigenvalue weighted by Crippen LogP contribution is -2.35. The van der Waals surface area contributed by atoms with Crippen LogP contribution in [-0.2, 0) is 9.59 Å². The van der Waals surface area contributed by atoms with Gasteiger partial charge in [0.2, 0.25) is 11.8 Å². The maximum Gasteiger partial charge on any atom is 0.221 e. The van der Waals surface area contributed by atoms with Gasteiger partial charge >= 0.3 is 0 Å². The molecule has 0 aliphatic carbocycles. The van der Waals surface area contributed by atoms with Crippen LogP contribution in [0.2, 0.25) is 0 Å². The van der Waals surface area contributed by atoms with Crippen LogP contribution in [0.3, 0.4) is 0 Å². The molecule has 0 saturated heterocycles. The summed E-state index contributed by atoms with van der Waals surface area (Å²) in [4.78, 5) is 23.3. The van der Waals surface area contributed by atoms with Crippen molar-refractivity contribution < 1.29 is 9.59 Å². The van der Waals surface area contributed by atoms with Crippen LogP contribution >= 0.6 is 12.4 Å². The minimum atomic E-state index is -0.319. The lowest BCUT2D eigenvalue weighted by Gasteiger charge is -2.13. The van der Waals surface area contributed by atoms with Gasteiger partial charge in [0.1, 0.15) is 0 Å². The number of nitrogens with one attached hydrogen (secondary N) is 2. The monoisotopic (exact) mass is 327 g/mol. The van der Waals surface area contributed by atoms with Crippen molar-refractivity contribution in [3.8, 4) is 0 Å². The standard InChI is InChI=1S/C16H25N3O2.ClH/c1-3-12(2)19-15(20)9-10-18-16(21)11-14(17)13-7-5-4-6-8-13;/h4-8,12,14H,3,9-11,17H2,1-2H3,(H,18,21)(H,19,20);1H. The first-order chi connectivity index (χ1) is 10.0. The van der Waals surface area contributed by atoms with E-state index in [1.165, 1.54) is 0 Å². The number of hydrogen-bond acceptors (Lipinski definition) is 3. The highest BCUT2D eigenvalue weighted by Gasteiger charge is 2.11. The summed E-state index contributed by atoms with van der Waals surface area (Å²) in [7, 11) is 0. The average molecular weight is 328 g/mol. The molecule has 0 spiro atoms. The van der Waals surface area contributed by atoms with Gasteiger partial charge in [0, 0.05) is 31.5 Å². The highest BCUT2D eigenvalue weighted by molar-refractivity contribution is 5.85. The van der Waals surface area contributed by atoms with Crippen molar-refractivity contribution in [1.29, 1.82) is 0 Å². The number of halogens is 1. The number of rotatable bonds is 8. The van der Waals surface area contributed by atoms with Crippen molar-refractivity contribution >= 4 is 24.2 Å². The van der Waals surface area contributed by atoms with E-state index in [0.29, 0.717) is 6.54 Å². The Morgan fingerprint density at radius 1 is 1.18 bits per heavy atom. The van der Waals surface area contributed by atoms with E-state index in [0.717, 1.165) is 12.0 Å². The number of carbonyl (C=O) groups is 2. The van der Waals surface area contributed by atoms with Crippen LogP contribution in [0.25, 0.3) is 0 Å². The van der Waals surface area contributed by atoms with Gasteiger partial charge < -0.3 is 16.4 Å². The van der Waals surface area contributed by atoms with Gasteiger partial charge in [-0.25, -0.2) is 0 Å². The maximum atomic E-state index is 11.8. The summed E-state index contributed by atoms with van der Waals surface area (Å²) >= 11 is 0. The highest BCUT2D eigenvalue weighted by atomic mass is 35.5. The smallest absolute Gasteiger partial charge is 0.221 e. The molecule has 0 heterocycles. The Balaban J connectivity index is 0.00000441. The van der Waals surface area contributed by atoms with Crippen molar-refractivity contribution in [1.82, 2.24) is 10.6 Å². The largest absolute Gasteiger partial charge is 0.356 e. The molecule has 1 aromatic rings.